The van der Waals surface area contributed by atoms with Crippen molar-refractivity contribution in [2.45, 2.75) is 50.2 Å². The number of rotatable bonds is 0. The van der Waals surface area contributed by atoms with Gasteiger partial charge in [0.05, 0.1) is 13.2 Å². The molecule has 0 N–H and O–H groups in total. The predicted molar refractivity (Wildman–Crippen MR) is 81.1 cm³/mol. The molecule has 2 saturated carbocycles. The molecule has 3 aliphatic carbocycles. The third-order valence-electron chi connectivity index (χ3n) is 6.74. The first-order valence-corrected chi connectivity index (χ1v) is 8.73. The Morgan fingerprint density at radius 1 is 0.905 bits per heavy atom. The summed E-state index contributed by atoms with van der Waals surface area (Å²) in [5, 5.41) is 0. The van der Waals surface area contributed by atoms with Crippen LogP contribution < -0.4 is 0 Å². The van der Waals surface area contributed by atoms with Crippen LogP contribution in [0.1, 0.15) is 49.1 Å². The Bertz CT molecular complexity index is 546. The molecule has 0 aromatic heterocycles. The lowest BCUT2D eigenvalue weighted by atomic mass is 9.60. The van der Waals surface area contributed by atoms with E-state index in [4.69, 9.17) is 9.47 Å². The second-order valence-electron chi connectivity index (χ2n) is 7.40. The van der Waals surface area contributed by atoms with Crippen LogP contribution in [0.15, 0.2) is 24.3 Å². The van der Waals surface area contributed by atoms with E-state index in [1.807, 2.05) is 0 Å². The predicted octanol–water partition coefficient (Wildman–Crippen LogP) is 3.90. The molecule has 2 heteroatoms. The molecule has 21 heavy (non-hydrogen) atoms. The zero-order valence-electron chi connectivity index (χ0n) is 12.6. The number of fused-ring (bicyclic) bond motifs is 6. The summed E-state index contributed by atoms with van der Waals surface area (Å²) >= 11 is 0. The standard InChI is InChI=1S/C19H24O2/c1-2-4-14-13(3-1)5-6-16-15(14)7-8-18-17(16)9-10-19(18)20-11-12-21-19/h1-4,15-18H,5-12H2. The minimum absolute atomic E-state index is 0.188. The van der Waals surface area contributed by atoms with Crippen LogP contribution in [0.3, 0.4) is 0 Å². The Morgan fingerprint density at radius 3 is 2.67 bits per heavy atom. The van der Waals surface area contributed by atoms with Crippen LogP contribution in [-0.2, 0) is 15.9 Å². The van der Waals surface area contributed by atoms with Crippen molar-refractivity contribution in [1.82, 2.24) is 0 Å². The topological polar surface area (TPSA) is 18.5 Å². The average molecular weight is 284 g/mol. The molecule has 4 unspecified atom stereocenters. The Balaban J connectivity index is 1.48. The van der Waals surface area contributed by atoms with Gasteiger partial charge in [-0.05, 0) is 61.0 Å². The van der Waals surface area contributed by atoms with E-state index in [0.29, 0.717) is 5.92 Å². The first kappa shape index (κ1) is 12.7. The molecule has 2 nitrogen and oxygen atoms in total. The minimum Gasteiger partial charge on any atom is -0.347 e. The molecular weight excluding hydrogens is 260 g/mol. The van der Waals surface area contributed by atoms with E-state index in [-0.39, 0.29) is 5.79 Å². The molecule has 4 aliphatic rings. The van der Waals surface area contributed by atoms with Crippen LogP contribution in [0.25, 0.3) is 0 Å². The summed E-state index contributed by atoms with van der Waals surface area (Å²) in [5.41, 5.74) is 3.26. The summed E-state index contributed by atoms with van der Waals surface area (Å²) in [5.74, 6) is 2.97. The fraction of sp³-hybridized carbons (Fsp3) is 0.684. The van der Waals surface area contributed by atoms with Crippen molar-refractivity contribution < 1.29 is 9.47 Å². The van der Waals surface area contributed by atoms with Crippen molar-refractivity contribution in [3.8, 4) is 0 Å². The van der Waals surface area contributed by atoms with Gasteiger partial charge in [0, 0.05) is 12.3 Å². The number of hydrogen-bond acceptors (Lipinski definition) is 2. The van der Waals surface area contributed by atoms with E-state index in [1.165, 1.54) is 32.1 Å². The summed E-state index contributed by atoms with van der Waals surface area (Å²) in [4.78, 5) is 0. The maximum atomic E-state index is 6.10. The van der Waals surface area contributed by atoms with Gasteiger partial charge in [0.2, 0.25) is 0 Å². The highest BCUT2D eigenvalue weighted by atomic mass is 16.7. The molecule has 1 saturated heterocycles. The van der Waals surface area contributed by atoms with Gasteiger partial charge in [0.1, 0.15) is 0 Å². The first-order chi connectivity index (χ1) is 10.4. The zero-order chi connectivity index (χ0) is 13.9. The lowest BCUT2D eigenvalue weighted by Gasteiger charge is -2.46. The second-order valence-corrected chi connectivity index (χ2v) is 7.40. The monoisotopic (exact) mass is 284 g/mol. The smallest absolute Gasteiger partial charge is 0.171 e. The van der Waals surface area contributed by atoms with Gasteiger partial charge in [-0.25, -0.2) is 0 Å². The van der Waals surface area contributed by atoms with Crippen LogP contribution >= 0.6 is 0 Å². The van der Waals surface area contributed by atoms with E-state index in [2.05, 4.69) is 24.3 Å². The van der Waals surface area contributed by atoms with E-state index in [1.54, 1.807) is 11.1 Å². The van der Waals surface area contributed by atoms with Crippen molar-refractivity contribution in [3.63, 3.8) is 0 Å². The lowest BCUT2D eigenvalue weighted by Crippen LogP contribution is -2.43. The number of benzene rings is 1. The summed E-state index contributed by atoms with van der Waals surface area (Å²) in [6.07, 6.45) is 7.72. The SMILES string of the molecule is c1ccc2c(c1)CCC1C2CCC2C1CCC21OCCO1. The summed E-state index contributed by atoms with van der Waals surface area (Å²) < 4.78 is 12.2. The van der Waals surface area contributed by atoms with Gasteiger partial charge in [-0.1, -0.05) is 24.3 Å². The molecule has 112 valence electrons. The molecular formula is C19H24O2. The first-order valence-electron chi connectivity index (χ1n) is 8.73. The molecule has 1 aliphatic heterocycles. The summed E-state index contributed by atoms with van der Waals surface area (Å²) in [6.45, 7) is 1.61. The van der Waals surface area contributed by atoms with Gasteiger partial charge < -0.3 is 9.47 Å². The van der Waals surface area contributed by atoms with Crippen molar-refractivity contribution in [1.29, 1.82) is 0 Å². The molecule has 4 atom stereocenters. The van der Waals surface area contributed by atoms with Crippen LogP contribution in [0.4, 0.5) is 0 Å². The molecule has 0 radical (unpaired) electrons. The highest BCUT2D eigenvalue weighted by Crippen LogP contribution is 2.59. The van der Waals surface area contributed by atoms with Crippen LogP contribution in [0, 0.1) is 17.8 Å². The quantitative estimate of drug-likeness (QED) is 0.719. The normalized spacial score (nSPS) is 39.8. The highest BCUT2D eigenvalue weighted by Gasteiger charge is 2.57. The average Bonchev–Trinajstić information content (AvgIpc) is 3.16. The van der Waals surface area contributed by atoms with Crippen molar-refractivity contribution in [2.75, 3.05) is 13.2 Å². The van der Waals surface area contributed by atoms with Crippen molar-refractivity contribution in [3.05, 3.63) is 35.4 Å². The second kappa shape index (κ2) is 4.57. The maximum Gasteiger partial charge on any atom is 0.171 e. The fourth-order valence-electron chi connectivity index (χ4n) is 5.97. The van der Waals surface area contributed by atoms with Crippen LogP contribution in [0.5, 0.6) is 0 Å². The van der Waals surface area contributed by atoms with E-state index in [0.717, 1.165) is 37.4 Å². The number of ether oxygens (including phenoxy) is 2. The van der Waals surface area contributed by atoms with Gasteiger partial charge in [0.15, 0.2) is 5.79 Å². The van der Waals surface area contributed by atoms with Crippen LogP contribution in [0.2, 0.25) is 0 Å². The zero-order valence-corrected chi connectivity index (χ0v) is 12.6. The fourth-order valence-corrected chi connectivity index (χ4v) is 5.97. The Kier molecular flexibility index (Phi) is 2.75. The minimum atomic E-state index is -0.188. The highest BCUT2D eigenvalue weighted by molar-refractivity contribution is 5.34. The molecule has 1 aromatic carbocycles. The molecule has 1 aromatic rings. The van der Waals surface area contributed by atoms with Crippen molar-refractivity contribution >= 4 is 0 Å². The molecule has 0 amide bonds. The molecule has 3 fully saturated rings. The third-order valence-corrected chi connectivity index (χ3v) is 6.74. The van der Waals surface area contributed by atoms with Gasteiger partial charge in [-0.3, -0.25) is 0 Å². The van der Waals surface area contributed by atoms with Gasteiger partial charge in [-0.15, -0.1) is 0 Å². The maximum absolute atomic E-state index is 6.10. The van der Waals surface area contributed by atoms with E-state index < -0.39 is 0 Å². The van der Waals surface area contributed by atoms with Gasteiger partial charge in [0.25, 0.3) is 0 Å². The Labute approximate surface area is 126 Å². The summed E-state index contributed by atoms with van der Waals surface area (Å²) in [6, 6.07) is 9.17. The number of aryl methyl sites for hydroxylation is 1. The Morgan fingerprint density at radius 2 is 1.76 bits per heavy atom. The molecule has 1 heterocycles. The summed E-state index contributed by atoms with van der Waals surface area (Å²) in [7, 11) is 0. The van der Waals surface area contributed by atoms with Crippen molar-refractivity contribution in [2.24, 2.45) is 17.8 Å². The van der Waals surface area contributed by atoms with Gasteiger partial charge in [-0.2, -0.15) is 0 Å². The third kappa shape index (κ3) is 1.72. The molecule has 5 rings (SSSR count). The van der Waals surface area contributed by atoms with Crippen LogP contribution in [-0.4, -0.2) is 19.0 Å². The number of hydrogen-bond donors (Lipinski definition) is 0. The van der Waals surface area contributed by atoms with E-state index >= 15 is 0 Å². The van der Waals surface area contributed by atoms with E-state index in [9.17, 15) is 0 Å². The Hall–Kier alpha value is -0.860. The largest absolute Gasteiger partial charge is 0.347 e. The molecule has 1 spiro atoms. The molecule has 0 bridgehead atoms. The lowest BCUT2D eigenvalue weighted by molar-refractivity contribution is -0.194. The van der Waals surface area contributed by atoms with Gasteiger partial charge >= 0.3 is 0 Å².